The van der Waals surface area contributed by atoms with Gasteiger partial charge in [0.15, 0.2) is 8.68 Å². The summed E-state index contributed by atoms with van der Waals surface area (Å²) < 4.78 is 1.92. The van der Waals surface area contributed by atoms with E-state index < -0.39 is 0 Å². The third kappa shape index (κ3) is 3.44. The van der Waals surface area contributed by atoms with E-state index in [0.29, 0.717) is 6.04 Å². The van der Waals surface area contributed by atoms with E-state index in [1.165, 1.54) is 5.56 Å². The predicted octanol–water partition coefficient (Wildman–Crippen LogP) is 3.09. The van der Waals surface area contributed by atoms with E-state index in [4.69, 9.17) is 0 Å². The Bertz CT molecular complexity index is 497. The van der Waals surface area contributed by atoms with Crippen LogP contribution in [0.1, 0.15) is 18.5 Å². The smallest absolute Gasteiger partial charge is 0.181 e. The van der Waals surface area contributed by atoms with Crippen molar-refractivity contribution >= 4 is 34.9 Å². The topological polar surface area (TPSA) is 50.7 Å². The van der Waals surface area contributed by atoms with Crippen LogP contribution in [0.25, 0.3) is 0 Å². The quantitative estimate of drug-likeness (QED) is 0.856. The molecule has 1 atom stereocenters. The Morgan fingerprint density at radius 1 is 1.28 bits per heavy atom. The van der Waals surface area contributed by atoms with Crippen molar-refractivity contribution in [3.8, 4) is 0 Å². The van der Waals surface area contributed by atoms with Crippen LogP contribution in [0, 0.1) is 0 Å². The number of nitrogens with zero attached hydrogens (tertiary/aromatic N) is 3. The van der Waals surface area contributed by atoms with Gasteiger partial charge in [0.25, 0.3) is 0 Å². The van der Waals surface area contributed by atoms with Gasteiger partial charge in [0.05, 0.1) is 0 Å². The molecule has 0 saturated heterocycles. The minimum absolute atomic E-state index is 0.321. The predicted molar refractivity (Wildman–Crippen MR) is 77.5 cm³/mol. The highest BCUT2D eigenvalue weighted by atomic mass is 32.2. The van der Waals surface area contributed by atoms with Crippen LogP contribution in [0.15, 0.2) is 32.0 Å². The van der Waals surface area contributed by atoms with Crippen molar-refractivity contribution in [3.05, 3.63) is 23.9 Å². The summed E-state index contributed by atoms with van der Waals surface area (Å²) in [5, 5.41) is 12.3. The van der Waals surface area contributed by atoms with Crippen molar-refractivity contribution in [3.63, 3.8) is 0 Å². The van der Waals surface area contributed by atoms with Crippen molar-refractivity contribution in [2.24, 2.45) is 0 Å². The van der Waals surface area contributed by atoms with E-state index in [2.05, 4.69) is 33.5 Å². The lowest BCUT2D eigenvalue weighted by molar-refractivity contribution is 0.648. The third-order valence-electron chi connectivity index (χ3n) is 2.45. The van der Waals surface area contributed by atoms with Crippen LogP contribution < -0.4 is 5.32 Å². The molecule has 0 aliphatic carbocycles. The van der Waals surface area contributed by atoms with Gasteiger partial charge >= 0.3 is 0 Å². The van der Waals surface area contributed by atoms with Gasteiger partial charge in [0, 0.05) is 12.2 Å². The van der Waals surface area contributed by atoms with Gasteiger partial charge in [-0.05, 0) is 43.6 Å². The van der Waals surface area contributed by atoms with Gasteiger partial charge in [-0.2, -0.15) is 0 Å². The molecular weight excluding hydrogens is 284 g/mol. The zero-order valence-electron chi connectivity index (χ0n) is 10.4. The highest BCUT2D eigenvalue weighted by Gasteiger charge is 2.07. The Balaban J connectivity index is 2.06. The highest BCUT2D eigenvalue weighted by Crippen LogP contribution is 2.31. The summed E-state index contributed by atoms with van der Waals surface area (Å²) in [5.41, 5.74) is 1.18. The zero-order valence-corrected chi connectivity index (χ0v) is 12.8. The van der Waals surface area contributed by atoms with Crippen molar-refractivity contribution < 1.29 is 0 Å². The van der Waals surface area contributed by atoms with Crippen LogP contribution in [0.2, 0.25) is 0 Å². The Morgan fingerprint density at radius 2 is 2.06 bits per heavy atom. The molecule has 0 spiro atoms. The lowest BCUT2D eigenvalue weighted by Crippen LogP contribution is -2.12. The molecule has 0 aliphatic rings. The zero-order chi connectivity index (χ0) is 13.0. The molecule has 18 heavy (non-hydrogen) atoms. The van der Waals surface area contributed by atoms with E-state index in [1.807, 2.05) is 25.6 Å². The standard InChI is InChI=1S/C11H14N4S3/c1-7(12-2)8-4-5-9(13-6-8)17-11-15-14-10(16-3)18-11/h4-7,12H,1-3H3. The van der Waals surface area contributed by atoms with Crippen LogP contribution in [0.4, 0.5) is 0 Å². The summed E-state index contributed by atoms with van der Waals surface area (Å²) in [5.74, 6) is 0. The summed E-state index contributed by atoms with van der Waals surface area (Å²) >= 11 is 4.76. The monoisotopic (exact) mass is 298 g/mol. The molecular formula is C11H14N4S3. The van der Waals surface area contributed by atoms with Crippen molar-refractivity contribution in [1.29, 1.82) is 0 Å². The van der Waals surface area contributed by atoms with Gasteiger partial charge in [-0.1, -0.05) is 29.2 Å². The molecule has 0 aliphatic heterocycles. The van der Waals surface area contributed by atoms with E-state index in [1.54, 1.807) is 34.9 Å². The van der Waals surface area contributed by atoms with Crippen LogP contribution in [-0.4, -0.2) is 28.5 Å². The molecule has 2 heterocycles. The van der Waals surface area contributed by atoms with Crippen molar-refractivity contribution in [2.45, 2.75) is 26.7 Å². The molecule has 0 bridgehead atoms. The Morgan fingerprint density at radius 3 is 2.61 bits per heavy atom. The summed E-state index contributed by atoms with van der Waals surface area (Å²) in [4.78, 5) is 4.43. The molecule has 2 rings (SSSR count). The van der Waals surface area contributed by atoms with Crippen molar-refractivity contribution in [1.82, 2.24) is 20.5 Å². The highest BCUT2D eigenvalue weighted by molar-refractivity contribution is 8.02. The Labute approximate surface area is 119 Å². The lowest BCUT2D eigenvalue weighted by atomic mass is 10.1. The average molecular weight is 298 g/mol. The number of nitrogens with one attached hydrogen (secondary N) is 1. The first-order chi connectivity index (χ1) is 8.72. The van der Waals surface area contributed by atoms with Crippen molar-refractivity contribution in [2.75, 3.05) is 13.3 Å². The maximum absolute atomic E-state index is 4.43. The first-order valence-electron chi connectivity index (χ1n) is 5.41. The Hall–Kier alpha value is -0.630. The normalized spacial score (nSPS) is 12.6. The van der Waals surface area contributed by atoms with Gasteiger partial charge in [-0.25, -0.2) is 4.98 Å². The number of pyridine rings is 1. The maximum atomic E-state index is 4.43. The number of thioether (sulfide) groups is 1. The number of rotatable bonds is 5. The number of hydrogen-bond donors (Lipinski definition) is 1. The Kier molecular flexibility index (Phi) is 4.99. The van der Waals surface area contributed by atoms with Gasteiger partial charge in [0.2, 0.25) is 0 Å². The molecule has 0 fully saturated rings. The largest absolute Gasteiger partial charge is 0.313 e. The summed E-state index contributed by atoms with van der Waals surface area (Å²) in [6.45, 7) is 2.11. The minimum atomic E-state index is 0.321. The molecule has 7 heteroatoms. The van der Waals surface area contributed by atoms with Gasteiger partial charge in [-0.15, -0.1) is 10.2 Å². The van der Waals surface area contributed by atoms with E-state index in [9.17, 15) is 0 Å². The van der Waals surface area contributed by atoms with Gasteiger partial charge in [-0.3, -0.25) is 0 Å². The van der Waals surface area contributed by atoms with Gasteiger partial charge in [0.1, 0.15) is 5.03 Å². The maximum Gasteiger partial charge on any atom is 0.181 e. The number of aromatic nitrogens is 3. The second kappa shape index (κ2) is 6.51. The number of hydrogen-bond acceptors (Lipinski definition) is 7. The SMILES string of the molecule is CNC(C)c1ccc(Sc2nnc(SC)s2)nc1. The molecule has 0 saturated carbocycles. The first kappa shape index (κ1) is 13.8. The summed E-state index contributed by atoms with van der Waals surface area (Å²) in [7, 11) is 1.94. The molecule has 0 aromatic carbocycles. The minimum Gasteiger partial charge on any atom is -0.313 e. The van der Waals surface area contributed by atoms with E-state index >= 15 is 0 Å². The van der Waals surface area contributed by atoms with Crippen LogP contribution in [0.3, 0.4) is 0 Å². The third-order valence-corrected chi connectivity index (χ3v) is 5.35. The van der Waals surface area contributed by atoms with Crippen LogP contribution >= 0.6 is 34.9 Å². The summed E-state index contributed by atoms with van der Waals surface area (Å²) in [6.07, 6.45) is 3.90. The molecule has 0 amide bonds. The fourth-order valence-corrected chi connectivity index (χ4v) is 3.61. The van der Waals surface area contributed by atoms with Crippen LogP contribution in [0.5, 0.6) is 0 Å². The molecule has 2 aromatic rings. The lowest BCUT2D eigenvalue weighted by Gasteiger charge is -2.09. The van der Waals surface area contributed by atoms with Crippen LogP contribution in [-0.2, 0) is 0 Å². The molecule has 4 nitrogen and oxygen atoms in total. The second-order valence-electron chi connectivity index (χ2n) is 3.58. The molecule has 2 aromatic heterocycles. The van der Waals surface area contributed by atoms with E-state index in [0.717, 1.165) is 13.7 Å². The molecule has 0 radical (unpaired) electrons. The first-order valence-corrected chi connectivity index (χ1v) is 8.27. The average Bonchev–Trinajstić information content (AvgIpc) is 2.86. The molecule has 1 N–H and O–H groups in total. The molecule has 1 unspecified atom stereocenters. The fraction of sp³-hybridized carbons (Fsp3) is 0.364. The summed E-state index contributed by atoms with van der Waals surface area (Å²) in [6, 6.07) is 4.43. The van der Waals surface area contributed by atoms with Gasteiger partial charge < -0.3 is 5.32 Å². The second-order valence-corrected chi connectivity index (χ2v) is 6.88. The molecule has 96 valence electrons. The fourth-order valence-electron chi connectivity index (χ4n) is 1.29. The van der Waals surface area contributed by atoms with E-state index in [-0.39, 0.29) is 0 Å².